The van der Waals surface area contributed by atoms with E-state index in [1.165, 1.54) is 77.2 Å². The van der Waals surface area contributed by atoms with Crippen molar-refractivity contribution in [3.05, 3.63) is 130 Å². The van der Waals surface area contributed by atoms with Crippen LogP contribution in [0.3, 0.4) is 0 Å². The lowest BCUT2D eigenvalue weighted by Crippen LogP contribution is -2.14. The third-order valence-electron chi connectivity index (χ3n) is 11.0. The molecule has 2 heteroatoms. The van der Waals surface area contributed by atoms with Crippen molar-refractivity contribution in [2.24, 2.45) is 0 Å². The van der Waals surface area contributed by atoms with Crippen molar-refractivity contribution in [1.82, 2.24) is 0 Å². The number of hydrogen-bond donors (Lipinski definition) is 0. The van der Waals surface area contributed by atoms with Crippen LogP contribution in [-0.2, 0) is 34.9 Å². The zero-order valence-electron chi connectivity index (χ0n) is 33.5. The van der Waals surface area contributed by atoms with Gasteiger partial charge in [-0.05, 0) is 82.8 Å². The Bertz CT molecular complexity index is 2160. The van der Waals surface area contributed by atoms with E-state index in [9.17, 15) is 0 Å². The van der Waals surface area contributed by atoms with Gasteiger partial charge >= 0.3 is 0 Å². The molecule has 0 bridgehead atoms. The van der Waals surface area contributed by atoms with Crippen molar-refractivity contribution in [3.8, 4) is 33.8 Å². The average Bonchev–Trinajstić information content (AvgIpc) is 3.08. The lowest BCUT2D eigenvalue weighted by molar-refractivity contribution is 0.303. The zero-order chi connectivity index (χ0) is 37.4. The summed E-state index contributed by atoms with van der Waals surface area (Å²) in [6.45, 7) is 28.3. The summed E-state index contributed by atoms with van der Waals surface area (Å²) < 4.78 is 12.4. The van der Waals surface area contributed by atoms with Gasteiger partial charge in [-0.1, -0.05) is 174 Å². The molecule has 2 aliphatic rings. The van der Waals surface area contributed by atoms with E-state index in [4.69, 9.17) is 9.47 Å². The van der Waals surface area contributed by atoms with Crippen molar-refractivity contribution in [1.29, 1.82) is 0 Å². The molecule has 0 amide bonds. The quantitative estimate of drug-likeness (QED) is 0.158. The first-order valence-corrected chi connectivity index (χ1v) is 19.0. The second-order valence-electron chi connectivity index (χ2n) is 19.1. The predicted molar refractivity (Wildman–Crippen MR) is 222 cm³/mol. The summed E-state index contributed by atoms with van der Waals surface area (Å²) in [6, 6.07) is 36.1. The maximum absolute atomic E-state index is 6.26. The second kappa shape index (κ2) is 12.5. The summed E-state index contributed by atoms with van der Waals surface area (Å²) in [5.41, 5.74) is 13.6. The Morgan fingerprint density at radius 3 is 1.44 bits per heavy atom. The van der Waals surface area contributed by atoms with Gasteiger partial charge in [0, 0.05) is 22.1 Å². The maximum atomic E-state index is 6.26. The largest absolute Gasteiger partial charge is 0.488 e. The van der Waals surface area contributed by atoms with Crippen LogP contribution in [0.2, 0.25) is 0 Å². The summed E-state index contributed by atoms with van der Waals surface area (Å²) in [6.07, 6.45) is 0. The third kappa shape index (κ3) is 6.73. The molecule has 8 rings (SSSR count). The van der Waals surface area contributed by atoms with Gasteiger partial charge in [0.1, 0.15) is 24.7 Å². The molecule has 0 atom stereocenters. The highest BCUT2D eigenvalue weighted by molar-refractivity contribution is 5.97. The van der Waals surface area contributed by atoms with Gasteiger partial charge in [0.05, 0.1) is 0 Å². The van der Waals surface area contributed by atoms with Gasteiger partial charge in [-0.15, -0.1) is 0 Å². The van der Waals surface area contributed by atoms with Crippen LogP contribution >= 0.6 is 0 Å². The Morgan fingerprint density at radius 2 is 0.846 bits per heavy atom. The van der Waals surface area contributed by atoms with Gasteiger partial charge in [0.15, 0.2) is 0 Å². The Balaban J connectivity index is 0.000000162. The molecular formula is C50H56O2. The van der Waals surface area contributed by atoms with E-state index >= 15 is 0 Å². The molecule has 0 saturated heterocycles. The molecule has 2 aliphatic heterocycles. The standard InChI is InChI=1S/2C25H28O/c1-24(2,3)18-9-12-21-16(13-18)7-10-22-20-11-8-19(25(4,5)6)14-17(20)15-26-23(21)22;1-24(2,3)17-8-11-19-16(13-17)7-10-20-21-12-9-18(25(4,5)6)14-23(21)26-15-22(19)20/h2*7-14H,15H2,1-6H3. The summed E-state index contributed by atoms with van der Waals surface area (Å²) >= 11 is 0. The molecule has 0 aliphatic carbocycles. The number of ether oxygens (including phenoxy) is 2. The van der Waals surface area contributed by atoms with Crippen LogP contribution in [-0.4, -0.2) is 0 Å². The highest BCUT2D eigenvalue weighted by Gasteiger charge is 2.25. The molecule has 6 aromatic carbocycles. The third-order valence-corrected chi connectivity index (χ3v) is 11.0. The van der Waals surface area contributed by atoms with Crippen LogP contribution in [0.1, 0.15) is 116 Å². The van der Waals surface area contributed by atoms with Crippen molar-refractivity contribution in [2.75, 3.05) is 0 Å². The van der Waals surface area contributed by atoms with E-state index in [2.05, 4.69) is 180 Å². The highest BCUT2D eigenvalue weighted by Crippen LogP contribution is 2.45. The first kappa shape index (κ1) is 35.8. The van der Waals surface area contributed by atoms with Crippen LogP contribution in [0.4, 0.5) is 0 Å². The highest BCUT2D eigenvalue weighted by atomic mass is 16.5. The molecule has 0 fully saturated rings. The van der Waals surface area contributed by atoms with Gasteiger partial charge in [-0.2, -0.15) is 0 Å². The topological polar surface area (TPSA) is 18.5 Å². The second-order valence-corrected chi connectivity index (χ2v) is 19.1. The van der Waals surface area contributed by atoms with Crippen LogP contribution in [0.15, 0.2) is 97.1 Å². The van der Waals surface area contributed by atoms with Gasteiger partial charge < -0.3 is 9.47 Å². The average molecular weight is 689 g/mol. The van der Waals surface area contributed by atoms with Crippen molar-refractivity contribution >= 4 is 21.5 Å². The molecule has 0 spiro atoms. The molecule has 0 N–H and O–H groups in total. The van der Waals surface area contributed by atoms with Gasteiger partial charge in [-0.3, -0.25) is 0 Å². The molecule has 268 valence electrons. The smallest absolute Gasteiger partial charge is 0.135 e. The normalized spacial score (nSPS) is 13.9. The SMILES string of the molecule is CC(C)(C)c1ccc2c(c1)COc1c-2ccc2cc(C(C)(C)C)ccc12.CC(C)(C)c1ccc2c(c1)OCc1c-2ccc2cc(C(C)(C)C)ccc12. The summed E-state index contributed by atoms with van der Waals surface area (Å²) in [7, 11) is 0. The van der Waals surface area contributed by atoms with E-state index in [0.717, 1.165) is 11.5 Å². The molecule has 6 aromatic rings. The first-order chi connectivity index (χ1) is 24.3. The van der Waals surface area contributed by atoms with E-state index < -0.39 is 0 Å². The maximum Gasteiger partial charge on any atom is 0.135 e. The number of hydrogen-bond acceptors (Lipinski definition) is 2. The molecular weight excluding hydrogens is 633 g/mol. The number of rotatable bonds is 0. The van der Waals surface area contributed by atoms with Gasteiger partial charge in [-0.25, -0.2) is 0 Å². The Hall–Kier alpha value is -4.56. The fraction of sp³-hybridized carbons (Fsp3) is 0.360. The van der Waals surface area contributed by atoms with Crippen LogP contribution in [0.5, 0.6) is 11.5 Å². The fourth-order valence-electron chi connectivity index (χ4n) is 7.48. The number of fused-ring (bicyclic) bond motifs is 10. The van der Waals surface area contributed by atoms with Crippen molar-refractivity contribution in [3.63, 3.8) is 0 Å². The Labute approximate surface area is 312 Å². The van der Waals surface area contributed by atoms with Gasteiger partial charge in [0.25, 0.3) is 0 Å². The molecule has 2 heterocycles. The lowest BCUT2D eigenvalue weighted by atomic mass is 9.83. The van der Waals surface area contributed by atoms with E-state index in [-0.39, 0.29) is 21.7 Å². The van der Waals surface area contributed by atoms with Crippen LogP contribution in [0, 0.1) is 0 Å². The molecule has 2 nitrogen and oxygen atoms in total. The first-order valence-electron chi connectivity index (χ1n) is 19.0. The minimum absolute atomic E-state index is 0.130. The summed E-state index contributed by atoms with van der Waals surface area (Å²) in [5, 5.41) is 5.07. The molecule has 0 unspecified atom stereocenters. The van der Waals surface area contributed by atoms with E-state index in [0.29, 0.717) is 13.2 Å². The number of benzene rings is 6. The molecule has 52 heavy (non-hydrogen) atoms. The minimum atomic E-state index is 0.130. The zero-order valence-corrected chi connectivity index (χ0v) is 33.5. The Kier molecular flexibility index (Phi) is 8.64. The molecule has 0 saturated carbocycles. The van der Waals surface area contributed by atoms with Crippen LogP contribution < -0.4 is 9.47 Å². The Morgan fingerprint density at radius 1 is 0.385 bits per heavy atom. The predicted octanol–water partition coefficient (Wildman–Crippen LogP) is 14.0. The summed E-state index contributed by atoms with van der Waals surface area (Å²) in [5.74, 6) is 2.04. The minimum Gasteiger partial charge on any atom is -0.488 e. The van der Waals surface area contributed by atoms with Crippen molar-refractivity contribution < 1.29 is 9.47 Å². The molecule has 0 aromatic heterocycles. The lowest BCUT2D eigenvalue weighted by Gasteiger charge is -2.26. The summed E-state index contributed by atoms with van der Waals surface area (Å²) in [4.78, 5) is 0. The van der Waals surface area contributed by atoms with Gasteiger partial charge in [0.2, 0.25) is 0 Å². The van der Waals surface area contributed by atoms with E-state index in [1.54, 1.807) is 0 Å². The fourth-order valence-corrected chi connectivity index (χ4v) is 7.48. The van der Waals surface area contributed by atoms with Crippen LogP contribution in [0.25, 0.3) is 43.8 Å². The van der Waals surface area contributed by atoms with E-state index in [1.807, 2.05) is 0 Å². The van der Waals surface area contributed by atoms with Crippen molar-refractivity contribution in [2.45, 2.75) is 118 Å². The molecule has 0 radical (unpaired) electrons. The monoisotopic (exact) mass is 688 g/mol.